The molecule has 0 saturated heterocycles. The fourth-order valence-corrected chi connectivity index (χ4v) is 1.41. The predicted octanol–water partition coefficient (Wildman–Crippen LogP) is 1.52. The lowest BCUT2D eigenvalue weighted by Crippen LogP contribution is -2.27. The van der Waals surface area contributed by atoms with Crippen LogP contribution in [0.3, 0.4) is 0 Å². The van der Waals surface area contributed by atoms with Crippen LogP contribution in [0.4, 0.5) is 21.6 Å². The first-order valence-corrected chi connectivity index (χ1v) is 4.97. The molecule has 4 N–H and O–H groups in total. The molecule has 2 rings (SSSR count). The van der Waals surface area contributed by atoms with Crippen molar-refractivity contribution in [2.24, 2.45) is 5.84 Å². The number of hydrazine groups is 1. The van der Waals surface area contributed by atoms with E-state index in [1.54, 1.807) is 19.2 Å². The molecule has 0 aliphatic heterocycles. The number of aryl methyl sites for hydroxylation is 1. The molecule has 0 atom stereocenters. The molecule has 0 aliphatic rings. The largest absolute Gasteiger partial charge is 0.396 e. The van der Waals surface area contributed by atoms with Gasteiger partial charge in [0.1, 0.15) is 11.6 Å². The van der Waals surface area contributed by atoms with E-state index in [1.165, 1.54) is 17.1 Å². The highest BCUT2D eigenvalue weighted by Crippen LogP contribution is 2.27. The summed E-state index contributed by atoms with van der Waals surface area (Å²) in [6.07, 6.45) is 2.70. The molecule has 0 fully saturated rings. The lowest BCUT2D eigenvalue weighted by molar-refractivity contribution is 0.621. The molecule has 0 saturated carbocycles. The second-order valence-electron chi connectivity index (χ2n) is 3.53. The molecule has 6 heteroatoms. The fourth-order valence-electron chi connectivity index (χ4n) is 1.41. The van der Waals surface area contributed by atoms with Gasteiger partial charge < -0.3 is 5.73 Å². The van der Waals surface area contributed by atoms with Gasteiger partial charge in [0.25, 0.3) is 0 Å². The Morgan fingerprint density at radius 2 is 2.00 bits per heavy atom. The number of pyridine rings is 2. The van der Waals surface area contributed by atoms with E-state index >= 15 is 0 Å². The van der Waals surface area contributed by atoms with E-state index in [-0.39, 0.29) is 0 Å². The zero-order valence-electron chi connectivity index (χ0n) is 9.26. The van der Waals surface area contributed by atoms with Crippen LogP contribution in [0.25, 0.3) is 0 Å². The topological polar surface area (TPSA) is 81.1 Å². The van der Waals surface area contributed by atoms with Crippen LogP contribution >= 0.6 is 0 Å². The molecule has 0 amide bonds. The average Bonchev–Trinajstić information content (AvgIpc) is 2.33. The Hall–Kier alpha value is -2.21. The summed E-state index contributed by atoms with van der Waals surface area (Å²) in [5, 5.41) is 1.30. The molecule has 0 spiro atoms. The number of rotatable bonds is 2. The number of hydrogen-bond donors (Lipinski definition) is 2. The first-order valence-electron chi connectivity index (χ1n) is 4.97. The van der Waals surface area contributed by atoms with Gasteiger partial charge in [0, 0.05) is 6.20 Å². The second kappa shape index (κ2) is 4.34. The van der Waals surface area contributed by atoms with Crippen molar-refractivity contribution < 1.29 is 4.39 Å². The molecular weight excluding hydrogens is 221 g/mol. The van der Waals surface area contributed by atoms with Crippen molar-refractivity contribution in [3.63, 3.8) is 0 Å². The maximum absolute atomic E-state index is 12.7. The van der Waals surface area contributed by atoms with E-state index in [0.29, 0.717) is 22.9 Å². The molecular formula is C11H12FN5. The summed E-state index contributed by atoms with van der Waals surface area (Å²) in [5.41, 5.74) is 7.60. The van der Waals surface area contributed by atoms with Crippen LogP contribution in [-0.2, 0) is 0 Å². The minimum atomic E-state index is -0.416. The Balaban J connectivity index is 2.40. The van der Waals surface area contributed by atoms with Gasteiger partial charge in [-0.15, -0.1) is 0 Å². The summed E-state index contributed by atoms with van der Waals surface area (Å²) in [6.45, 7) is 1.78. The van der Waals surface area contributed by atoms with Crippen LogP contribution in [0.15, 0.2) is 30.6 Å². The molecule has 5 nitrogen and oxygen atoms in total. The molecule has 0 bridgehead atoms. The Bertz CT molecular complexity index is 526. The molecule has 2 heterocycles. The zero-order valence-corrected chi connectivity index (χ0v) is 9.26. The number of aromatic nitrogens is 2. The number of nitrogen functional groups attached to an aromatic ring is 1. The second-order valence-corrected chi connectivity index (χ2v) is 3.53. The van der Waals surface area contributed by atoms with Gasteiger partial charge in [-0.25, -0.2) is 15.2 Å². The fraction of sp³-hybridized carbons (Fsp3) is 0.0909. The SMILES string of the molecule is Cc1nccc(N(N)c2ccc(F)cn2)c1N. The Morgan fingerprint density at radius 1 is 1.24 bits per heavy atom. The lowest BCUT2D eigenvalue weighted by atomic mass is 10.2. The van der Waals surface area contributed by atoms with Crippen LogP contribution in [0.1, 0.15) is 5.69 Å². The molecule has 88 valence electrons. The summed E-state index contributed by atoms with van der Waals surface area (Å²) in [6, 6.07) is 4.43. The van der Waals surface area contributed by atoms with E-state index in [9.17, 15) is 4.39 Å². The van der Waals surface area contributed by atoms with Crippen molar-refractivity contribution in [1.29, 1.82) is 0 Å². The van der Waals surface area contributed by atoms with Crippen molar-refractivity contribution in [3.8, 4) is 0 Å². The monoisotopic (exact) mass is 233 g/mol. The minimum absolute atomic E-state index is 0.406. The van der Waals surface area contributed by atoms with E-state index < -0.39 is 5.82 Å². The van der Waals surface area contributed by atoms with Gasteiger partial charge in [-0.2, -0.15) is 0 Å². The first kappa shape index (κ1) is 11.3. The molecule has 0 radical (unpaired) electrons. The van der Waals surface area contributed by atoms with Crippen LogP contribution in [0.5, 0.6) is 0 Å². The molecule has 0 aromatic carbocycles. The molecule has 2 aromatic rings. The Morgan fingerprint density at radius 3 is 2.65 bits per heavy atom. The third-order valence-corrected chi connectivity index (χ3v) is 2.38. The predicted molar refractivity (Wildman–Crippen MR) is 63.9 cm³/mol. The van der Waals surface area contributed by atoms with Crippen molar-refractivity contribution in [2.75, 3.05) is 10.7 Å². The van der Waals surface area contributed by atoms with Crippen molar-refractivity contribution >= 4 is 17.2 Å². The maximum Gasteiger partial charge on any atom is 0.147 e. The summed E-state index contributed by atoms with van der Waals surface area (Å²) in [5.74, 6) is 5.87. The highest BCUT2D eigenvalue weighted by atomic mass is 19.1. The summed E-state index contributed by atoms with van der Waals surface area (Å²) < 4.78 is 12.7. The molecule has 0 aliphatic carbocycles. The van der Waals surface area contributed by atoms with Crippen molar-refractivity contribution in [3.05, 3.63) is 42.1 Å². The maximum atomic E-state index is 12.7. The molecule has 0 unspecified atom stereocenters. The average molecular weight is 233 g/mol. The normalized spacial score (nSPS) is 10.3. The highest BCUT2D eigenvalue weighted by molar-refractivity contribution is 5.73. The van der Waals surface area contributed by atoms with Crippen molar-refractivity contribution in [1.82, 2.24) is 9.97 Å². The third kappa shape index (κ3) is 2.16. The van der Waals surface area contributed by atoms with Gasteiger partial charge in [-0.05, 0) is 25.1 Å². The van der Waals surface area contributed by atoms with Crippen molar-refractivity contribution in [2.45, 2.75) is 6.92 Å². The van der Waals surface area contributed by atoms with Crippen LogP contribution in [0, 0.1) is 12.7 Å². The van der Waals surface area contributed by atoms with E-state index in [0.717, 1.165) is 6.20 Å². The van der Waals surface area contributed by atoms with Crippen LogP contribution in [0.2, 0.25) is 0 Å². The van der Waals surface area contributed by atoms with E-state index in [4.69, 9.17) is 11.6 Å². The zero-order chi connectivity index (χ0) is 12.4. The number of anilines is 3. The summed E-state index contributed by atoms with van der Waals surface area (Å²) >= 11 is 0. The van der Waals surface area contributed by atoms with Crippen LogP contribution < -0.4 is 16.6 Å². The van der Waals surface area contributed by atoms with E-state index in [2.05, 4.69) is 9.97 Å². The number of hydrogen-bond acceptors (Lipinski definition) is 5. The third-order valence-electron chi connectivity index (χ3n) is 2.38. The smallest absolute Gasteiger partial charge is 0.147 e. The Labute approximate surface area is 97.9 Å². The minimum Gasteiger partial charge on any atom is -0.396 e. The number of halogens is 1. The van der Waals surface area contributed by atoms with Gasteiger partial charge >= 0.3 is 0 Å². The summed E-state index contributed by atoms with van der Waals surface area (Å²) in [7, 11) is 0. The Kier molecular flexibility index (Phi) is 2.88. The van der Waals surface area contributed by atoms with Gasteiger partial charge in [0.05, 0.1) is 23.3 Å². The summed E-state index contributed by atoms with van der Waals surface area (Å²) in [4.78, 5) is 7.92. The van der Waals surface area contributed by atoms with Gasteiger partial charge in [-0.3, -0.25) is 9.99 Å². The number of nitrogens with zero attached hydrogens (tertiary/aromatic N) is 3. The number of nitrogens with two attached hydrogens (primary N) is 2. The van der Waals surface area contributed by atoms with Gasteiger partial charge in [0.15, 0.2) is 0 Å². The first-order chi connectivity index (χ1) is 8.09. The molecule has 2 aromatic heterocycles. The van der Waals surface area contributed by atoms with E-state index in [1.807, 2.05) is 0 Å². The van der Waals surface area contributed by atoms with Gasteiger partial charge in [0.2, 0.25) is 0 Å². The molecule has 17 heavy (non-hydrogen) atoms. The lowest BCUT2D eigenvalue weighted by Gasteiger charge is -2.19. The quantitative estimate of drug-likeness (QED) is 0.607. The highest BCUT2D eigenvalue weighted by Gasteiger charge is 2.11. The van der Waals surface area contributed by atoms with Gasteiger partial charge in [-0.1, -0.05) is 0 Å². The standard InChI is InChI=1S/C11H12FN5/c1-7-11(13)9(4-5-15-7)17(14)10-3-2-8(12)6-16-10/h2-6H,13-14H2,1H3. The van der Waals surface area contributed by atoms with Crippen LogP contribution in [-0.4, -0.2) is 9.97 Å².